The Labute approximate surface area is 122 Å². The number of hydrogen-bond donors (Lipinski definition) is 0. The van der Waals surface area contributed by atoms with Crippen LogP contribution in [0, 0.1) is 13.8 Å². The third-order valence-corrected chi connectivity index (χ3v) is 4.46. The predicted molar refractivity (Wildman–Crippen MR) is 72.2 cm³/mol. The van der Waals surface area contributed by atoms with Gasteiger partial charge in [0.25, 0.3) is 0 Å². The molecule has 0 atom stereocenters. The number of esters is 1. The second kappa shape index (κ2) is 5.26. The summed E-state index contributed by atoms with van der Waals surface area (Å²) < 4.78 is 41.4. The number of carbonyl (C=O) groups is 1. The number of rotatable bonds is 2. The van der Waals surface area contributed by atoms with Gasteiger partial charge in [-0.1, -0.05) is 11.6 Å². The van der Waals surface area contributed by atoms with Crippen molar-refractivity contribution >= 4 is 39.0 Å². The molecule has 108 valence electrons. The number of fused-ring (bicyclic) bond motifs is 1. The highest BCUT2D eigenvalue weighted by atomic mass is 35.5. The number of benzene rings is 1. The summed E-state index contributed by atoms with van der Waals surface area (Å²) in [5.74, 6) is -2.19. The highest BCUT2D eigenvalue weighted by molar-refractivity contribution is 7.18. The number of thiophene rings is 1. The maximum Gasteiger partial charge on any atom is 0.490 e. The van der Waals surface area contributed by atoms with Gasteiger partial charge in [0.05, 0.1) is 9.72 Å². The quantitative estimate of drug-likeness (QED) is 0.744. The van der Waals surface area contributed by atoms with Crippen LogP contribution in [0.25, 0.3) is 10.1 Å². The van der Waals surface area contributed by atoms with E-state index in [1.807, 2.05) is 13.8 Å². The lowest BCUT2D eigenvalue weighted by Gasteiger charge is -2.09. The predicted octanol–water partition coefficient (Wildman–Crippen LogP) is 4.78. The Bertz CT molecular complexity index is 676. The average molecular weight is 323 g/mol. The zero-order valence-electron chi connectivity index (χ0n) is 10.6. The van der Waals surface area contributed by atoms with E-state index >= 15 is 0 Å². The van der Waals surface area contributed by atoms with Crippen molar-refractivity contribution in [2.45, 2.75) is 26.6 Å². The van der Waals surface area contributed by atoms with Gasteiger partial charge in [-0.15, -0.1) is 11.3 Å². The Morgan fingerprint density at radius 2 is 2.05 bits per heavy atom. The lowest BCUT2D eigenvalue weighted by Crippen LogP contribution is -2.25. The van der Waals surface area contributed by atoms with Gasteiger partial charge in [0, 0.05) is 10.9 Å². The highest BCUT2D eigenvalue weighted by Gasteiger charge is 2.41. The van der Waals surface area contributed by atoms with E-state index < -0.39 is 18.8 Å². The van der Waals surface area contributed by atoms with Crippen molar-refractivity contribution in [3.8, 4) is 0 Å². The van der Waals surface area contributed by atoms with E-state index in [4.69, 9.17) is 11.6 Å². The van der Waals surface area contributed by atoms with Crippen molar-refractivity contribution < 1.29 is 22.7 Å². The Hall–Kier alpha value is -1.27. The molecule has 0 N–H and O–H groups in total. The van der Waals surface area contributed by atoms with Gasteiger partial charge in [-0.3, -0.25) is 0 Å². The number of halogens is 4. The van der Waals surface area contributed by atoms with Gasteiger partial charge in [0.15, 0.2) is 0 Å². The van der Waals surface area contributed by atoms with E-state index in [2.05, 4.69) is 4.74 Å². The summed E-state index contributed by atoms with van der Waals surface area (Å²) in [5.41, 5.74) is 2.39. The standard InChI is InChI=1S/C13H10ClF3O2S/c1-6-3-9(14)11-10(7(6)2)8(5-20-11)4-19-12(18)13(15,16)17/h3,5H,4H2,1-2H3. The molecule has 0 aliphatic carbocycles. The molecule has 2 rings (SSSR count). The van der Waals surface area contributed by atoms with E-state index in [0.29, 0.717) is 10.6 Å². The fourth-order valence-corrected chi connectivity index (χ4v) is 3.28. The van der Waals surface area contributed by atoms with Gasteiger partial charge in [-0.25, -0.2) is 4.79 Å². The third-order valence-electron chi connectivity index (χ3n) is 2.98. The second-order valence-electron chi connectivity index (χ2n) is 4.34. The van der Waals surface area contributed by atoms with Gasteiger partial charge < -0.3 is 4.74 Å². The summed E-state index contributed by atoms with van der Waals surface area (Å²) in [6, 6.07) is 1.81. The van der Waals surface area contributed by atoms with Crippen LogP contribution >= 0.6 is 22.9 Å². The highest BCUT2D eigenvalue weighted by Crippen LogP contribution is 2.36. The van der Waals surface area contributed by atoms with E-state index in [0.717, 1.165) is 21.2 Å². The smallest absolute Gasteiger partial charge is 0.454 e. The fourth-order valence-electron chi connectivity index (χ4n) is 1.87. The summed E-state index contributed by atoms with van der Waals surface area (Å²) in [6.07, 6.45) is -4.98. The largest absolute Gasteiger partial charge is 0.490 e. The van der Waals surface area contributed by atoms with Gasteiger partial charge in [0.2, 0.25) is 0 Å². The number of hydrogen-bond acceptors (Lipinski definition) is 3. The topological polar surface area (TPSA) is 26.3 Å². The van der Waals surface area contributed by atoms with Crippen molar-refractivity contribution in [2.75, 3.05) is 0 Å². The van der Waals surface area contributed by atoms with Crippen molar-refractivity contribution in [3.05, 3.63) is 33.2 Å². The summed E-state index contributed by atoms with van der Waals surface area (Å²) in [7, 11) is 0. The summed E-state index contributed by atoms with van der Waals surface area (Å²) in [5, 5.41) is 2.96. The molecule has 1 heterocycles. The number of aryl methyl sites for hydroxylation is 2. The maximum atomic E-state index is 12.1. The zero-order valence-corrected chi connectivity index (χ0v) is 12.2. The maximum absolute atomic E-state index is 12.1. The second-order valence-corrected chi connectivity index (χ2v) is 5.63. The molecule has 20 heavy (non-hydrogen) atoms. The van der Waals surface area contributed by atoms with Crippen LogP contribution in [0.1, 0.15) is 16.7 Å². The van der Waals surface area contributed by atoms with Gasteiger partial charge in [-0.05, 0) is 36.4 Å². The van der Waals surface area contributed by atoms with Crippen molar-refractivity contribution in [1.82, 2.24) is 0 Å². The lowest BCUT2D eigenvalue weighted by atomic mass is 10.0. The van der Waals surface area contributed by atoms with Crippen LogP contribution in [0.3, 0.4) is 0 Å². The van der Waals surface area contributed by atoms with Crippen LogP contribution in [0.5, 0.6) is 0 Å². The summed E-state index contributed by atoms with van der Waals surface area (Å²) >= 11 is 7.42. The van der Waals surface area contributed by atoms with Gasteiger partial charge >= 0.3 is 12.1 Å². The first-order valence-electron chi connectivity index (χ1n) is 5.61. The SMILES string of the molecule is Cc1cc(Cl)c2scc(COC(=O)C(F)(F)F)c2c1C. The normalized spacial score (nSPS) is 11.9. The number of ether oxygens (including phenoxy) is 1. The van der Waals surface area contributed by atoms with E-state index in [9.17, 15) is 18.0 Å². The lowest BCUT2D eigenvalue weighted by molar-refractivity contribution is -0.201. The molecule has 1 aromatic carbocycles. The Morgan fingerprint density at radius 3 is 2.65 bits per heavy atom. The molecule has 0 saturated heterocycles. The average Bonchev–Trinajstić information content (AvgIpc) is 2.76. The minimum atomic E-state index is -4.98. The van der Waals surface area contributed by atoms with Crippen LogP contribution in [0.15, 0.2) is 11.4 Å². The molecule has 0 bridgehead atoms. The third kappa shape index (κ3) is 2.76. The van der Waals surface area contributed by atoms with Crippen molar-refractivity contribution in [2.24, 2.45) is 0 Å². The molecule has 0 spiro atoms. The minimum absolute atomic E-state index is 0.418. The van der Waals surface area contributed by atoms with E-state index in [1.165, 1.54) is 11.3 Å². The fraction of sp³-hybridized carbons (Fsp3) is 0.308. The molecule has 0 aliphatic rings. The molecule has 0 radical (unpaired) electrons. The molecule has 0 fully saturated rings. The molecule has 0 aliphatic heterocycles. The van der Waals surface area contributed by atoms with Crippen LogP contribution < -0.4 is 0 Å². The first kappa shape index (κ1) is 15.1. The molecule has 2 nitrogen and oxygen atoms in total. The number of carbonyl (C=O) groups excluding carboxylic acids is 1. The molecule has 0 unspecified atom stereocenters. The number of alkyl halides is 3. The summed E-state index contributed by atoms with van der Waals surface area (Å²) in [4.78, 5) is 10.7. The Kier molecular flexibility index (Phi) is 3.97. The van der Waals surface area contributed by atoms with Crippen LogP contribution in [0.4, 0.5) is 13.2 Å². The molecule has 2 aromatic rings. The van der Waals surface area contributed by atoms with E-state index in [1.54, 1.807) is 11.4 Å². The van der Waals surface area contributed by atoms with Crippen molar-refractivity contribution in [1.29, 1.82) is 0 Å². The Morgan fingerprint density at radius 1 is 1.40 bits per heavy atom. The van der Waals surface area contributed by atoms with Gasteiger partial charge in [-0.2, -0.15) is 13.2 Å². The molecule has 1 aromatic heterocycles. The summed E-state index contributed by atoms with van der Waals surface area (Å²) in [6.45, 7) is 3.30. The minimum Gasteiger partial charge on any atom is -0.454 e. The Balaban J connectivity index is 2.35. The monoisotopic (exact) mass is 322 g/mol. The molecule has 0 amide bonds. The van der Waals surface area contributed by atoms with Crippen LogP contribution in [-0.2, 0) is 16.1 Å². The van der Waals surface area contributed by atoms with Crippen LogP contribution in [-0.4, -0.2) is 12.1 Å². The van der Waals surface area contributed by atoms with E-state index in [-0.39, 0.29) is 0 Å². The first-order chi connectivity index (χ1) is 9.21. The van der Waals surface area contributed by atoms with Crippen LogP contribution in [0.2, 0.25) is 5.02 Å². The molecular formula is C13H10ClF3O2S. The zero-order chi connectivity index (χ0) is 15.1. The molecule has 7 heteroatoms. The molecule has 0 saturated carbocycles. The molecular weight excluding hydrogens is 313 g/mol. The van der Waals surface area contributed by atoms with Crippen molar-refractivity contribution in [3.63, 3.8) is 0 Å². The van der Waals surface area contributed by atoms with Gasteiger partial charge in [0.1, 0.15) is 6.61 Å². The first-order valence-corrected chi connectivity index (χ1v) is 6.87.